The zero-order chi connectivity index (χ0) is 11.7. The maximum atomic E-state index is 13.6. The molecular weight excluding hydrogens is 283 g/mol. The summed E-state index contributed by atoms with van der Waals surface area (Å²) in [5.74, 6) is -1.71. The topological polar surface area (TPSA) is 55.8 Å². The highest BCUT2D eigenvalue weighted by atomic mass is 79.9. The Bertz CT molecular complexity index is 447. The lowest BCUT2D eigenvalue weighted by Crippen LogP contribution is -2.04. The fraction of sp³-hybridized carbons (Fsp3) is 0.300. The quantitative estimate of drug-likeness (QED) is 0.863. The Balaban J connectivity index is 2.59. The van der Waals surface area contributed by atoms with E-state index in [1.54, 1.807) is 0 Å². The molecule has 0 bridgehead atoms. The van der Waals surface area contributed by atoms with Crippen LogP contribution in [0, 0.1) is 5.82 Å². The van der Waals surface area contributed by atoms with Gasteiger partial charge in [-0.15, -0.1) is 0 Å². The van der Waals surface area contributed by atoms with E-state index < -0.39 is 17.3 Å². The second-order valence-electron chi connectivity index (χ2n) is 3.23. The molecule has 1 aliphatic rings. The van der Waals surface area contributed by atoms with Gasteiger partial charge in [0, 0.05) is 12.5 Å². The average Bonchev–Trinajstić information content (AvgIpc) is 2.48. The first-order chi connectivity index (χ1) is 7.61. The van der Waals surface area contributed by atoms with Gasteiger partial charge in [0.05, 0.1) is 13.2 Å². The summed E-state index contributed by atoms with van der Waals surface area (Å²) >= 11 is 2.98. The lowest BCUT2D eigenvalue weighted by molar-refractivity contribution is 0.0691. The SMILES string of the molecule is O=C(O)c1cc2c(c(Br)c1F)OCCCO2. The Morgan fingerprint density at radius 3 is 2.81 bits per heavy atom. The molecule has 1 aromatic carbocycles. The van der Waals surface area contributed by atoms with Gasteiger partial charge in [0.1, 0.15) is 10.0 Å². The molecular formula is C10H8BrFO4. The molecule has 0 fully saturated rings. The predicted octanol–water partition coefficient (Wildman–Crippen LogP) is 2.45. The number of ether oxygens (including phenoxy) is 2. The van der Waals surface area contributed by atoms with Gasteiger partial charge in [-0.05, 0) is 15.9 Å². The molecule has 0 saturated heterocycles. The average molecular weight is 291 g/mol. The van der Waals surface area contributed by atoms with E-state index in [0.29, 0.717) is 19.6 Å². The molecule has 16 heavy (non-hydrogen) atoms. The Morgan fingerprint density at radius 1 is 1.44 bits per heavy atom. The molecule has 86 valence electrons. The molecule has 2 rings (SSSR count). The highest BCUT2D eigenvalue weighted by Gasteiger charge is 2.23. The number of rotatable bonds is 1. The third kappa shape index (κ3) is 1.84. The predicted molar refractivity (Wildman–Crippen MR) is 56.7 cm³/mol. The summed E-state index contributed by atoms with van der Waals surface area (Å²) in [5, 5.41) is 8.80. The first-order valence-corrected chi connectivity index (χ1v) is 5.41. The van der Waals surface area contributed by atoms with Crippen molar-refractivity contribution in [2.75, 3.05) is 13.2 Å². The Hall–Kier alpha value is -1.30. The van der Waals surface area contributed by atoms with Gasteiger partial charge in [0.2, 0.25) is 0 Å². The first-order valence-electron chi connectivity index (χ1n) is 4.62. The maximum absolute atomic E-state index is 13.6. The Kier molecular flexibility index (Phi) is 3.00. The van der Waals surface area contributed by atoms with Crippen LogP contribution in [0.2, 0.25) is 0 Å². The second kappa shape index (κ2) is 4.29. The Labute approximate surface area is 99.1 Å². The van der Waals surface area contributed by atoms with Crippen LogP contribution in [-0.4, -0.2) is 24.3 Å². The normalized spacial score (nSPS) is 14.4. The molecule has 0 radical (unpaired) electrons. The van der Waals surface area contributed by atoms with E-state index in [2.05, 4.69) is 15.9 Å². The molecule has 1 aromatic rings. The van der Waals surface area contributed by atoms with Crippen LogP contribution in [0.5, 0.6) is 11.5 Å². The smallest absolute Gasteiger partial charge is 0.338 e. The molecule has 1 aliphatic heterocycles. The number of benzene rings is 1. The molecule has 6 heteroatoms. The van der Waals surface area contributed by atoms with Crippen molar-refractivity contribution < 1.29 is 23.8 Å². The van der Waals surface area contributed by atoms with Gasteiger partial charge >= 0.3 is 5.97 Å². The fourth-order valence-electron chi connectivity index (χ4n) is 1.40. The van der Waals surface area contributed by atoms with Crippen molar-refractivity contribution >= 4 is 21.9 Å². The van der Waals surface area contributed by atoms with Crippen molar-refractivity contribution in [2.24, 2.45) is 0 Å². The van der Waals surface area contributed by atoms with Crippen molar-refractivity contribution in [1.29, 1.82) is 0 Å². The summed E-state index contributed by atoms with van der Waals surface area (Å²) in [6.07, 6.45) is 0.672. The van der Waals surface area contributed by atoms with Gasteiger partial charge in [-0.2, -0.15) is 0 Å². The molecule has 0 unspecified atom stereocenters. The van der Waals surface area contributed by atoms with E-state index in [0.717, 1.165) is 6.07 Å². The maximum Gasteiger partial charge on any atom is 0.338 e. The highest BCUT2D eigenvalue weighted by Crippen LogP contribution is 2.40. The number of carbonyl (C=O) groups is 1. The lowest BCUT2D eigenvalue weighted by Gasteiger charge is -2.11. The van der Waals surface area contributed by atoms with Gasteiger partial charge in [-0.3, -0.25) is 0 Å². The van der Waals surface area contributed by atoms with E-state index in [-0.39, 0.29) is 16.0 Å². The van der Waals surface area contributed by atoms with Crippen LogP contribution in [0.3, 0.4) is 0 Å². The van der Waals surface area contributed by atoms with Crippen LogP contribution < -0.4 is 9.47 Å². The standard InChI is InChI=1S/C10H8BrFO4/c11-7-8(12)5(10(13)14)4-6-9(7)16-3-1-2-15-6/h4H,1-3H2,(H,13,14). The largest absolute Gasteiger partial charge is 0.489 e. The fourth-order valence-corrected chi connectivity index (χ4v) is 1.92. The summed E-state index contributed by atoms with van der Waals surface area (Å²) in [6, 6.07) is 1.14. The van der Waals surface area contributed by atoms with E-state index in [1.165, 1.54) is 0 Å². The number of carboxylic acid groups (broad SMARTS) is 1. The van der Waals surface area contributed by atoms with Gasteiger partial charge in [0.15, 0.2) is 17.3 Å². The van der Waals surface area contributed by atoms with Crippen LogP contribution >= 0.6 is 15.9 Å². The number of fused-ring (bicyclic) bond motifs is 1. The number of carboxylic acids is 1. The number of halogens is 2. The summed E-state index contributed by atoms with van der Waals surface area (Å²) in [5.41, 5.74) is -0.434. The van der Waals surface area contributed by atoms with Crippen molar-refractivity contribution in [3.8, 4) is 11.5 Å². The van der Waals surface area contributed by atoms with E-state index in [1.807, 2.05) is 0 Å². The zero-order valence-electron chi connectivity index (χ0n) is 8.13. The monoisotopic (exact) mass is 290 g/mol. The third-order valence-corrected chi connectivity index (χ3v) is 2.86. The van der Waals surface area contributed by atoms with Crippen molar-refractivity contribution in [1.82, 2.24) is 0 Å². The molecule has 4 nitrogen and oxygen atoms in total. The summed E-state index contributed by atoms with van der Waals surface area (Å²) < 4.78 is 24.2. The summed E-state index contributed by atoms with van der Waals surface area (Å²) in [7, 11) is 0. The number of hydrogen-bond donors (Lipinski definition) is 1. The summed E-state index contributed by atoms with van der Waals surface area (Å²) in [6.45, 7) is 0.835. The zero-order valence-corrected chi connectivity index (χ0v) is 9.71. The van der Waals surface area contributed by atoms with Crippen LogP contribution in [0.4, 0.5) is 4.39 Å². The van der Waals surface area contributed by atoms with Crippen molar-refractivity contribution in [2.45, 2.75) is 6.42 Å². The van der Waals surface area contributed by atoms with Crippen LogP contribution in [0.15, 0.2) is 10.5 Å². The molecule has 1 heterocycles. The van der Waals surface area contributed by atoms with E-state index in [4.69, 9.17) is 14.6 Å². The molecule has 0 saturated carbocycles. The van der Waals surface area contributed by atoms with Crippen LogP contribution in [-0.2, 0) is 0 Å². The minimum Gasteiger partial charge on any atom is -0.489 e. The molecule has 0 amide bonds. The Morgan fingerprint density at radius 2 is 2.12 bits per heavy atom. The molecule has 0 spiro atoms. The van der Waals surface area contributed by atoms with Crippen LogP contribution in [0.25, 0.3) is 0 Å². The third-order valence-electron chi connectivity index (χ3n) is 2.15. The minimum atomic E-state index is -1.34. The lowest BCUT2D eigenvalue weighted by atomic mass is 10.2. The number of aromatic carboxylic acids is 1. The minimum absolute atomic E-state index is 0.00991. The first kappa shape index (κ1) is 11.2. The van der Waals surface area contributed by atoms with E-state index in [9.17, 15) is 9.18 Å². The molecule has 0 aliphatic carbocycles. The summed E-state index contributed by atoms with van der Waals surface area (Å²) in [4.78, 5) is 10.8. The van der Waals surface area contributed by atoms with Crippen LogP contribution in [0.1, 0.15) is 16.8 Å². The molecule has 0 aromatic heterocycles. The van der Waals surface area contributed by atoms with Gasteiger partial charge in [0.25, 0.3) is 0 Å². The van der Waals surface area contributed by atoms with E-state index >= 15 is 0 Å². The van der Waals surface area contributed by atoms with Gasteiger partial charge < -0.3 is 14.6 Å². The van der Waals surface area contributed by atoms with Crippen molar-refractivity contribution in [3.63, 3.8) is 0 Å². The van der Waals surface area contributed by atoms with Crippen molar-refractivity contribution in [3.05, 3.63) is 21.9 Å². The molecule has 1 N–H and O–H groups in total. The highest BCUT2D eigenvalue weighted by molar-refractivity contribution is 9.10. The van der Waals surface area contributed by atoms with Gasteiger partial charge in [-0.25, -0.2) is 9.18 Å². The second-order valence-corrected chi connectivity index (χ2v) is 4.03. The number of hydrogen-bond acceptors (Lipinski definition) is 3. The molecule has 0 atom stereocenters. The van der Waals surface area contributed by atoms with Gasteiger partial charge in [-0.1, -0.05) is 0 Å².